The molecule has 0 radical (unpaired) electrons. The van der Waals surface area contributed by atoms with Crippen molar-refractivity contribution in [2.75, 3.05) is 12.4 Å². The number of benzene rings is 1. The van der Waals surface area contributed by atoms with Gasteiger partial charge in [-0.15, -0.1) is 0 Å². The summed E-state index contributed by atoms with van der Waals surface area (Å²) in [7, 11) is 1.19. The number of hydrogen-bond acceptors (Lipinski definition) is 6. The molecule has 0 bridgehead atoms. The Morgan fingerprint density at radius 1 is 1.43 bits per heavy atom. The van der Waals surface area contributed by atoms with E-state index in [0.29, 0.717) is 5.02 Å². The van der Waals surface area contributed by atoms with Gasteiger partial charge in [-0.25, -0.2) is 9.78 Å². The molecule has 1 aromatic heterocycles. The molecule has 8 heteroatoms. The van der Waals surface area contributed by atoms with Crippen LogP contribution < -0.4 is 5.32 Å². The van der Waals surface area contributed by atoms with E-state index in [1.165, 1.54) is 13.3 Å². The molecular formula is C15H14ClN3O4. The average molecular weight is 336 g/mol. The number of anilines is 1. The van der Waals surface area contributed by atoms with Crippen molar-refractivity contribution in [1.29, 1.82) is 0 Å². The van der Waals surface area contributed by atoms with Gasteiger partial charge in [0, 0.05) is 17.3 Å². The Morgan fingerprint density at radius 3 is 2.74 bits per heavy atom. The molecular weight excluding hydrogens is 322 g/mol. The molecule has 0 saturated heterocycles. The third-order valence-electron chi connectivity index (χ3n) is 3.21. The van der Waals surface area contributed by atoms with Crippen LogP contribution >= 0.6 is 11.6 Å². The number of ether oxygens (including phenoxy) is 1. The molecule has 0 fully saturated rings. The second-order valence-corrected chi connectivity index (χ2v) is 5.14. The van der Waals surface area contributed by atoms with E-state index in [9.17, 15) is 14.9 Å². The molecule has 1 N–H and O–H groups in total. The van der Waals surface area contributed by atoms with Crippen molar-refractivity contribution >= 4 is 29.1 Å². The van der Waals surface area contributed by atoms with Crippen molar-refractivity contribution < 1.29 is 14.5 Å². The molecule has 0 aliphatic rings. The molecule has 1 aromatic carbocycles. The smallest absolute Gasteiger partial charge is 0.339 e. The van der Waals surface area contributed by atoms with E-state index >= 15 is 0 Å². The topological polar surface area (TPSA) is 94.4 Å². The molecule has 0 saturated carbocycles. The lowest BCUT2D eigenvalue weighted by atomic mass is 10.1. The highest BCUT2D eigenvalue weighted by Crippen LogP contribution is 2.29. The summed E-state index contributed by atoms with van der Waals surface area (Å²) in [5.74, 6) is -0.638. The highest BCUT2D eigenvalue weighted by molar-refractivity contribution is 6.31. The SMILES string of the molecule is COC(=O)c1cnc(NC(C)c2ccccc2Cl)c([N+](=O)[O-])c1. The normalized spacial score (nSPS) is 11.6. The van der Waals surface area contributed by atoms with Crippen molar-refractivity contribution in [3.8, 4) is 0 Å². The molecule has 0 amide bonds. The molecule has 1 heterocycles. The Labute approximate surface area is 137 Å². The molecule has 0 aliphatic heterocycles. The molecule has 7 nitrogen and oxygen atoms in total. The summed E-state index contributed by atoms with van der Waals surface area (Å²) < 4.78 is 4.54. The maximum absolute atomic E-state index is 11.5. The number of nitro groups is 1. The fourth-order valence-electron chi connectivity index (χ4n) is 2.04. The van der Waals surface area contributed by atoms with Crippen LogP contribution in [0.15, 0.2) is 36.5 Å². The van der Waals surface area contributed by atoms with Gasteiger partial charge < -0.3 is 10.1 Å². The van der Waals surface area contributed by atoms with Crippen LogP contribution in [0.4, 0.5) is 11.5 Å². The van der Waals surface area contributed by atoms with Crippen LogP contribution in [0.1, 0.15) is 28.9 Å². The molecule has 2 aromatic rings. The second-order valence-electron chi connectivity index (χ2n) is 4.73. The van der Waals surface area contributed by atoms with E-state index < -0.39 is 10.9 Å². The number of halogens is 1. The van der Waals surface area contributed by atoms with Crippen LogP contribution in [-0.4, -0.2) is 23.0 Å². The van der Waals surface area contributed by atoms with E-state index in [2.05, 4.69) is 15.0 Å². The van der Waals surface area contributed by atoms with Crippen molar-refractivity contribution in [3.63, 3.8) is 0 Å². The Bertz CT molecular complexity index is 751. The van der Waals surface area contributed by atoms with Crippen LogP contribution in [0.2, 0.25) is 5.02 Å². The van der Waals surface area contributed by atoms with E-state index in [-0.39, 0.29) is 23.1 Å². The standard InChI is InChI=1S/C15H14ClN3O4/c1-9(11-5-3-4-6-12(11)16)18-14-13(19(21)22)7-10(8-17-14)15(20)23-2/h3-9H,1-2H3,(H,17,18). The maximum atomic E-state index is 11.5. The molecule has 0 spiro atoms. The lowest BCUT2D eigenvalue weighted by Gasteiger charge is -2.16. The zero-order valence-corrected chi connectivity index (χ0v) is 13.2. The first kappa shape index (κ1) is 16.7. The van der Waals surface area contributed by atoms with Gasteiger partial charge >= 0.3 is 11.7 Å². The van der Waals surface area contributed by atoms with Crippen LogP contribution in [0.3, 0.4) is 0 Å². The Hall–Kier alpha value is -2.67. The minimum Gasteiger partial charge on any atom is -0.465 e. The first-order valence-electron chi connectivity index (χ1n) is 6.67. The Kier molecular flexibility index (Phi) is 5.13. The monoisotopic (exact) mass is 335 g/mol. The van der Waals surface area contributed by atoms with Gasteiger partial charge in [0.25, 0.3) is 0 Å². The van der Waals surface area contributed by atoms with Gasteiger partial charge in [-0.05, 0) is 18.6 Å². The fourth-order valence-corrected chi connectivity index (χ4v) is 2.34. The predicted octanol–water partition coefficient (Wildman–Crippen LogP) is 3.60. The molecule has 0 aliphatic carbocycles. The summed E-state index contributed by atoms with van der Waals surface area (Å²) in [6.45, 7) is 1.81. The van der Waals surface area contributed by atoms with Crippen molar-refractivity contribution in [3.05, 3.63) is 62.8 Å². The first-order chi connectivity index (χ1) is 10.9. The van der Waals surface area contributed by atoms with Crippen LogP contribution in [0.5, 0.6) is 0 Å². The maximum Gasteiger partial charge on any atom is 0.339 e. The van der Waals surface area contributed by atoms with Gasteiger partial charge in [-0.3, -0.25) is 10.1 Å². The molecule has 120 valence electrons. The summed E-state index contributed by atoms with van der Waals surface area (Å²) >= 11 is 6.12. The predicted molar refractivity (Wildman–Crippen MR) is 85.7 cm³/mol. The number of carbonyl (C=O) groups is 1. The second kappa shape index (κ2) is 7.06. The highest BCUT2D eigenvalue weighted by Gasteiger charge is 2.21. The van der Waals surface area contributed by atoms with Gasteiger partial charge in [0.05, 0.1) is 23.6 Å². The van der Waals surface area contributed by atoms with Crippen LogP contribution in [0, 0.1) is 10.1 Å². The number of nitrogens with one attached hydrogen (secondary N) is 1. The number of carbonyl (C=O) groups excluding carboxylic acids is 1. The lowest BCUT2D eigenvalue weighted by Crippen LogP contribution is -2.12. The van der Waals surface area contributed by atoms with Crippen molar-refractivity contribution in [1.82, 2.24) is 4.98 Å². The van der Waals surface area contributed by atoms with E-state index in [0.717, 1.165) is 11.6 Å². The van der Waals surface area contributed by atoms with E-state index in [1.807, 2.05) is 12.1 Å². The van der Waals surface area contributed by atoms with Gasteiger partial charge in [-0.1, -0.05) is 29.8 Å². The summed E-state index contributed by atoms with van der Waals surface area (Å²) in [5.41, 5.74) is 0.476. The number of rotatable bonds is 5. The van der Waals surface area contributed by atoms with E-state index in [4.69, 9.17) is 11.6 Å². The van der Waals surface area contributed by atoms with Gasteiger partial charge in [0.2, 0.25) is 5.82 Å². The molecule has 2 rings (SSSR count). The van der Waals surface area contributed by atoms with Gasteiger partial charge in [-0.2, -0.15) is 0 Å². The summed E-state index contributed by atoms with van der Waals surface area (Å²) in [6.07, 6.45) is 1.22. The zero-order chi connectivity index (χ0) is 17.0. The van der Waals surface area contributed by atoms with E-state index in [1.54, 1.807) is 19.1 Å². The number of nitrogens with zero attached hydrogens (tertiary/aromatic N) is 2. The molecule has 1 unspecified atom stereocenters. The average Bonchev–Trinajstić information content (AvgIpc) is 2.54. The summed E-state index contributed by atoms with van der Waals surface area (Å²) in [6, 6.07) is 7.98. The number of hydrogen-bond donors (Lipinski definition) is 1. The van der Waals surface area contributed by atoms with Crippen LogP contribution in [-0.2, 0) is 4.74 Å². The Balaban J connectivity index is 2.34. The number of methoxy groups -OCH3 is 1. The summed E-state index contributed by atoms with van der Waals surface area (Å²) in [5, 5.41) is 14.7. The minimum atomic E-state index is -0.689. The minimum absolute atomic E-state index is 0.00939. The number of pyridine rings is 1. The largest absolute Gasteiger partial charge is 0.465 e. The third kappa shape index (κ3) is 3.75. The molecule has 1 atom stereocenters. The number of esters is 1. The van der Waals surface area contributed by atoms with Crippen molar-refractivity contribution in [2.24, 2.45) is 0 Å². The zero-order valence-electron chi connectivity index (χ0n) is 12.4. The summed E-state index contributed by atoms with van der Waals surface area (Å²) in [4.78, 5) is 26.0. The van der Waals surface area contributed by atoms with Crippen molar-refractivity contribution in [2.45, 2.75) is 13.0 Å². The quantitative estimate of drug-likeness (QED) is 0.509. The first-order valence-corrected chi connectivity index (χ1v) is 7.05. The highest BCUT2D eigenvalue weighted by atomic mass is 35.5. The lowest BCUT2D eigenvalue weighted by molar-refractivity contribution is -0.384. The number of aromatic nitrogens is 1. The van der Waals surface area contributed by atoms with Gasteiger partial charge in [0.15, 0.2) is 0 Å². The Morgan fingerprint density at radius 2 is 2.13 bits per heavy atom. The van der Waals surface area contributed by atoms with Crippen LogP contribution in [0.25, 0.3) is 0 Å². The third-order valence-corrected chi connectivity index (χ3v) is 3.55. The fraction of sp³-hybridized carbons (Fsp3) is 0.200. The molecule has 23 heavy (non-hydrogen) atoms. The van der Waals surface area contributed by atoms with Gasteiger partial charge in [0.1, 0.15) is 0 Å².